The van der Waals surface area contributed by atoms with Crippen molar-refractivity contribution in [2.75, 3.05) is 32.7 Å². The topological polar surface area (TPSA) is 57.2 Å². The maximum Gasteiger partial charge on any atom is 0.416 e. The van der Waals surface area contributed by atoms with Crippen LogP contribution in [0.2, 0.25) is 0 Å². The van der Waals surface area contributed by atoms with Gasteiger partial charge in [0.1, 0.15) is 5.75 Å². The minimum Gasteiger partial charge on any atom is -0.491 e. The van der Waals surface area contributed by atoms with Gasteiger partial charge in [0, 0.05) is 39.6 Å². The van der Waals surface area contributed by atoms with E-state index in [2.05, 4.69) is 10.3 Å². The van der Waals surface area contributed by atoms with Gasteiger partial charge in [-0.15, -0.1) is 0 Å². The van der Waals surface area contributed by atoms with E-state index in [-0.39, 0.29) is 29.9 Å². The summed E-state index contributed by atoms with van der Waals surface area (Å²) >= 11 is 0. The quantitative estimate of drug-likeness (QED) is 0.594. The van der Waals surface area contributed by atoms with E-state index in [0.717, 1.165) is 6.07 Å². The summed E-state index contributed by atoms with van der Waals surface area (Å²) in [5, 5.41) is 3.13. The fraction of sp³-hybridized carbons (Fsp3) is 0.600. The van der Waals surface area contributed by atoms with E-state index < -0.39 is 11.7 Å². The van der Waals surface area contributed by atoms with Crippen LogP contribution in [0.25, 0.3) is 0 Å². The van der Waals surface area contributed by atoms with Gasteiger partial charge in [-0.05, 0) is 38.5 Å². The number of hydrogen-bond acceptors (Lipinski definition) is 3. The summed E-state index contributed by atoms with van der Waals surface area (Å²) in [4.78, 5) is 19.6. The summed E-state index contributed by atoms with van der Waals surface area (Å²) < 4.78 is 46.0. The van der Waals surface area contributed by atoms with Gasteiger partial charge in [-0.3, -0.25) is 4.79 Å². The van der Waals surface area contributed by atoms with Crippen molar-refractivity contribution in [3.8, 4) is 5.75 Å². The number of rotatable bonds is 5. The molecule has 2 rings (SSSR count). The van der Waals surface area contributed by atoms with E-state index in [9.17, 15) is 18.0 Å². The van der Waals surface area contributed by atoms with Crippen molar-refractivity contribution in [3.05, 3.63) is 29.3 Å². The van der Waals surface area contributed by atoms with Gasteiger partial charge >= 0.3 is 6.18 Å². The van der Waals surface area contributed by atoms with Gasteiger partial charge in [0.15, 0.2) is 5.96 Å². The van der Waals surface area contributed by atoms with Gasteiger partial charge in [0.2, 0.25) is 5.91 Å². The van der Waals surface area contributed by atoms with Crippen LogP contribution in [0, 0.1) is 0 Å². The highest BCUT2D eigenvalue weighted by atomic mass is 19.4. The number of halogens is 3. The highest BCUT2D eigenvalue weighted by Crippen LogP contribution is 2.35. The molecule has 0 radical (unpaired) electrons. The molecule has 162 valence electrons. The van der Waals surface area contributed by atoms with Crippen LogP contribution >= 0.6 is 0 Å². The Morgan fingerprint density at radius 1 is 1.21 bits per heavy atom. The average Bonchev–Trinajstić information content (AvgIpc) is 2.64. The molecule has 1 aliphatic rings. The highest BCUT2D eigenvalue weighted by molar-refractivity contribution is 5.80. The number of guanidine groups is 1. The van der Waals surface area contributed by atoms with E-state index >= 15 is 0 Å². The van der Waals surface area contributed by atoms with Crippen LogP contribution in [0.3, 0.4) is 0 Å². The Kier molecular flexibility index (Phi) is 7.75. The van der Waals surface area contributed by atoms with Crippen molar-refractivity contribution < 1.29 is 22.7 Å². The first-order chi connectivity index (χ1) is 13.6. The summed E-state index contributed by atoms with van der Waals surface area (Å²) in [6, 6.07) is 3.99. The summed E-state index contributed by atoms with van der Waals surface area (Å²) in [5.41, 5.74) is -0.650. The minimum absolute atomic E-state index is 0.0186. The number of piperazine rings is 1. The largest absolute Gasteiger partial charge is 0.491 e. The fourth-order valence-electron chi connectivity index (χ4n) is 3.12. The molecule has 1 aromatic carbocycles. The van der Waals surface area contributed by atoms with Crippen molar-refractivity contribution in [3.63, 3.8) is 0 Å². The van der Waals surface area contributed by atoms with Gasteiger partial charge in [0.25, 0.3) is 0 Å². The van der Waals surface area contributed by atoms with E-state index in [4.69, 9.17) is 4.74 Å². The molecule has 0 aromatic heterocycles. The van der Waals surface area contributed by atoms with Crippen molar-refractivity contribution in [1.82, 2.24) is 15.1 Å². The van der Waals surface area contributed by atoms with Gasteiger partial charge in [-0.25, -0.2) is 4.99 Å². The smallest absolute Gasteiger partial charge is 0.416 e. The molecule has 0 saturated carbocycles. The van der Waals surface area contributed by atoms with Crippen LogP contribution in [0.1, 0.15) is 38.8 Å². The molecule has 0 atom stereocenters. The summed E-state index contributed by atoms with van der Waals surface area (Å²) in [5.74, 6) is 0.753. The molecule has 0 spiro atoms. The van der Waals surface area contributed by atoms with Gasteiger partial charge in [0.05, 0.1) is 18.2 Å². The molecule has 1 N–H and O–H groups in total. The Labute approximate surface area is 169 Å². The molecular formula is C20H29F3N4O2. The molecular weight excluding hydrogens is 385 g/mol. The first-order valence-corrected chi connectivity index (χ1v) is 9.77. The number of alkyl halides is 3. The predicted molar refractivity (Wildman–Crippen MR) is 106 cm³/mol. The zero-order valence-electron chi connectivity index (χ0n) is 17.3. The Hall–Kier alpha value is -2.45. The standard InChI is InChI=1S/C20H29F3N4O2/c1-5-24-19(27-10-8-26(9-11-27)15(4)28)25-13-16-6-7-17(29-14(2)3)12-18(16)20(21,22)23/h6-7,12,14H,5,8-11,13H2,1-4H3,(H,24,25). The monoisotopic (exact) mass is 414 g/mol. The molecule has 29 heavy (non-hydrogen) atoms. The van der Waals surface area contributed by atoms with Crippen molar-refractivity contribution >= 4 is 11.9 Å². The molecule has 1 saturated heterocycles. The van der Waals surface area contributed by atoms with Crippen molar-refractivity contribution in [1.29, 1.82) is 0 Å². The third-order valence-electron chi connectivity index (χ3n) is 4.52. The predicted octanol–water partition coefficient (Wildman–Crippen LogP) is 3.12. The first kappa shape index (κ1) is 22.8. The molecule has 1 amide bonds. The Balaban J connectivity index is 2.21. The lowest BCUT2D eigenvalue weighted by Gasteiger charge is -2.36. The molecule has 0 aliphatic carbocycles. The van der Waals surface area contributed by atoms with Crippen LogP contribution in [0.5, 0.6) is 5.75 Å². The fourth-order valence-corrected chi connectivity index (χ4v) is 3.12. The number of hydrogen-bond donors (Lipinski definition) is 1. The molecule has 6 nitrogen and oxygen atoms in total. The summed E-state index contributed by atoms with van der Waals surface area (Å²) in [6.07, 6.45) is -4.71. The SMILES string of the molecule is CCNC(=NCc1ccc(OC(C)C)cc1C(F)(F)F)N1CCN(C(C)=O)CC1. The van der Waals surface area contributed by atoms with Gasteiger partial charge in [-0.1, -0.05) is 6.07 Å². The number of carbonyl (C=O) groups is 1. The Morgan fingerprint density at radius 2 is 1.83 bits per heavy atom. The zero-order valence-corrected chi connectivity index (χ0v) is 17.3. The van der Waals surface area contributed by atoms with Crippen LogP contribution in [-0.2, 0) is 17.5 Å². The summed E-state index contributed by atoms with van der Waals surface area (Å²) in [6.45, 7) is 9.74. The Bertz CT molecular complexity index is 727. The second kappa shape index (κ2) is 9.84. The maximum atomic E-state index is 13.5. The molecule has 1 heterocycles. The third-order valence-corrected chi connectivity index (χ3v) is 4.52. The second-order valence-corrected chi connectivity index (χ2v) is 7.15. The van der Waals surface area contributed by atoms with E-state index in [1.54, 1.807) is 24.8 Å². The number of aliphatic imine (C=N–C) groups is 1. The van der Waals surface area contributed by atoms with E-state index in [1.807, 2.05) is 11.8 Å². The van der Waals surface area contributed by atoms with Crippen LogP contribution in [0.4, 0.5) is 13.2 Å². The molecule has 1 aliphatic heterocycles. The number of benzene rings is 1. The molecule has 1 fully saturated rings. The molecule has 0 unspecified atom stereocenters. The normalized spacial score (nSPS) is 15.7. The molecule has 1 aromatic rings. The highest BCUT2D eigenvalue weighted by Gasteiger charge is 2.34. The zero-order chi connectivity index (χ0) is 21.6. The molecule has 0 bridgehead atoms. The third kappa shape index (κ3) is 6.54. The molecule has 9 heteroatoms. The van der Waals surface area contributed by atoms with Crippen LogP contribution in [-0.4, -0.2) is 60.5 Å². The lowest BCUT2D eigenvalue weighted by atomic mass is 10.1. The van der Waals surface area contributed by atoms with Crippen LogP contribution < -0.4 is 10.1 Å². The number of amides is 1. The van der Waals surface area contributed by atoms with E-state index in [0.29, 0.717) is 38.7 Å². The lowest BCUT2D eigenvalue weighted by molar-refractivity contribution is -0.138. The van der Waals surface area contributed by atoms with Crippen molar-refractivity contribution in [2.45, 2.75) is 46.5 Å². The maximum absolute atomic E-state index is 13.5. The lowest BCUT2D eigenvalue weighted by Crippen LogP contribution is -2.53. The van der Waals surface area contributed by atoms with Crippen LogP contribution in [0.15, 0.2) is 23.2 Å². The van der Waals surface area contributed by atoms with E-state index in [1.165, 1.54) is 13.0 Å². The van der Waals surface area contributed by atoms with Crippen molar-refractivity contribution in [2.24, 2.45) is 4.99 Å². The number of carbonyl (C=O) groups excluding carboxylic acids is 1. The Morgan fingerprint density at radius 3 is 2.34 bits per heavy atom. The second-order valence-electron chi connectivity index (χ2n) is 7.15. The summed E-state index contributed by atoms with van der Waals surface area (Å²) in [7, 11) is 0. The number of nitrogens with zero attached hydrogens (tertiary/aromatic N) is 3. The number of ether oxygens (including phenoxy) is 1. The first-order valence-electron chi connectivity index (χ1n) is 9.77. The van der Waals surface area contributed by atoms with Gasteiger partial charge in [-0.2, -0.15) is 13.2 Å². The average molecular weight is 414 g/mol. The van der Waals surface area contributed by atoms with Gasteiger partial charge < -0.3 is 19.9 Å². The number of nitrogens with one attached hydrogen (secondary N) is 1. The minimum atomic E-state index is -4.49.